The molecule has 0 aromatic carbocycles. The fraction of sp³-hybridized carbons (Fsp3) is 0.571. The zero-order valence-corrected chi connectivity index (χ0v) is 11.4. The van der Waals surface area contributed by atoms with Crippen LogP contribution in [0, 0.1) is 5.92 Å². The first-order valence-electron chi connectivity index (χ1n) is 6.92. The number of nitrogens with one attached hydrogen (secondary N) is 1. The maximum Gasteiger partial charge on any atom is 0.248 e. The summed E-state index contributed by atoms with van der Waals surface area (Å²) >= 11 is 0. The molecule has 0 unspecified atom stereocenters. The van der Waals surface area contributed by atoms with Crippen LogP contribution in [-0.2, 0) is 0 Å². The number of carbonyl (C=O) groups is 1. The molecule has 0 atom stereocenters. The number of primary amides is 1. The van der Waals surface area contributed by atoms with Crippen LogP contribution < -0.4 is 16.0 Å². The van der Waals surface area contributed by atoms with Crippen LogP contribution in [-0.4, -0.2) is 37.1 Å². The van der Waals surface area contributed by atoms with Crippen molar-refractivity contribution < 1.29 is 4.79 Å². The summed E-state index contributed by atoms with van der Waals surface area (Å²) in [5.74, 6) is 1.21. The number of hydrogen-bond acceptors (Lipinski definition) is 4. The predicted octanol–water partition coefficient (Wildman–Crippen LogP) is 1.01. The molecule has 0 aliphatic carbocycles. The van der Waals surface area contributed by atoms with Gasteiger partial charge >= 0.3 is 0 Å². The number of rotatable bonds is 5. The number of pyridine rings is 1. The number of nitrogens with zero attached hydrogens (tertiary/aromatic N) is 2. The summed E-state index contributed by atoms with van der Waals surface area (Å²) in [6.07, 6.45) is 3.98. The Balaban J connectivity index is 1.94. The van der Waals surface area contributed by atoms with Crippen LogP contribution in [0.15, 0.2) is 18.3 Å². The van der Waals surface area contributed by atoms with Gasteiger partial charge < -0.3 is 16.0 Å². The van der Waals surface area contributed by atoms with Crippen LogP contribution in [0.4, 0.5) is 5.82 Å². The molecule has 1 aromatic heterocycles. The summed E-state index contributed by atoms with van der Waals surface area (Å²) in [6, 6.07) is 3.44. The second-order valence-electron chi connectivity index (χ2n) is 5.01. The Morgan fingerprint density at radius 1 is 1.53 bits per heavy atom. The molecule has 5 heteroatoms. The first-order valence-corrected chi connectivity index (χ1v) is 6.92. The third kappa shape index (κ3) is 3.67. The molecular formula is C14H22N4O. The maximum absolute atomic E-state index is 11.2. The van der Waals surface area contributed by atoms with Gasteiger partial charge in [0.05, 0.1) is 0 Å². The van der Waals surface area contributed by atoms with Gasteiger partial charge in [-0.3, -0.25) is 4.79 Å². The summed E-state index contributed by atoms with van der Waals surface area (Å²) in [5, 5.41) is 3.40. The topological polar surface area (TPSA) is 71.2 Å². The van der Waals surface area contributed by atoms with Gasteiger partial charge in [-0.25, -0.2) is 4.98 Å². The standard InChI is InChI=1S/C14H22N4O/c1-2-16-10-11-4-7-18(8-5-11)13-9-12(14(15)19)3-6-17-13/h3,6,9,11,16H,2,4-5,7-8,10H2,1H3,(H2,15,19). The van der Waals surface area contributed by atoms with Gasteiger partial charge in [0, 0.05) is 24.8 Å². The average molecular weight is 262 g/mol. The quantitative estimate of drug-likeness (QED) is 0.830. The van der Waals surface area contributed by atoms with E-state index in [2.05, 4.69) is 22.1 Å². The van der Waals surface area contributed by atoms with Gasteiger partial charge in [0.1, 0.15) is 5.82 Å². The summed E-state index contributed by atoms with van der Waals surface area (Å²) in [6.45, 7) is 6.24. The molecule has 1 aromatic rings. The predicted molar refractivity (Wildman–Crippen MR) is 76.2 cm³/mol. The van der Waals surface area contributed by atoms with Crippen molar-refractivity contribution in [2.75, 3.05) is 31.1 Å². The van der Waals surface area contributed by atoms with Gasteiger partial charge in [0.15, 0.2) is 0 Å². The maximum atomic E-state index is 11.2. The van der Waals surface area contributed by atoms with Crippen molar-refractivity contribution >= 4 is 11.7 Å². The third-order valence-electron chi connectivity index (χ3n) is 3.65. The molecule has 0 radical (unpaired) electrons. The van der Waals surface area contributed by atoms with Crippen LogP contribution in [0.25, 0.3) is 0 Å². The monoisotopic (exact) mass is 262 g/mol. The van der Waals surface area contributed by atoms with Gasteiger partial charge in [-0.05, 0) is 44.0 Å². The molecule has 1 fully saturated rings. The summed E-state index contributed by atoms with van der Waals surface area (Å²) in [7, 11) is 0. The average Bonchev–Trinajstić information content (AvgIpc) is 2.46. The van der Waals surface area contributed by atoms with Gasteiger partial charge in [0.25, 0.3) is 0 Å². The number of amides is 1. The minimum Gasteiger partial charge on any atom is -0.366 e. The molecule has 1 aliphatic heterocycles. The zero-order valence-electron chi connectivity index (χ0n) is 11.4. The van der Waals surface area contributed by atoms with E-state index in [0.717, 1.165) is 50.8 Å². The molecule has 19 heavy (non-hydrogen) atoms. The Hall–Kier alpha value is -1.62. The second-order valence-corrected chi connectivity index (χ2v) is 5.01. The van der Waals surface area contributed by atoms with Crippen molar-refractivity contribution in [3.63, 3.8) is 0 Å². The van der Waals surface area contributed by atoms with Crippen LogP contribution in [0.1, 0.15) is 30.1 Å². The lowest BCUT2D eigenvalue weighted by Gasteiger charge is -2.33. The number of carbonyl (C=O) groups excluding carboxylic acids is 1. The number of aromatic nitrogens is 1. The Bertz CT molecular complexity index is 427. The number of hydrogen-bond donors (Lipinski definition) is 2. The number of piperidine rings is 1. The highest BCUT2D eigenvalue weighted by molar-refractivity contribution is 5.93. The van der Waals surface area contributed by atoms with Crippen LogP contribution in [0.5, 0.6) is 0 Å². The summed E-state index contributed by atoms with van der Waals surface area (Å²) in [5.41, 5.74) is 5.82. The molecule has 0 saturated carbocycles. The van der Waals surface area contributed by atoms with Gasteiger partial charge in [-0.2, -0.15) is 0 Å². The van der Waals surface area contributed by atoms with Crippen molar-refractivity contribution in [1.29, 1.82) is 0 Å². The first-order chi connectivity index (χ1) is 9.20. The molecule has 1 aliphatic rings. The molecule has 2 heterocycles. The second kappa shape index (κ2) is 6.52. The fourth-order valence-electron chi connectivity index (χ4n) is 2.46. The Labute approximate surface area is 114 Å². The molecule has 0 bridgehead atoms. The number of anilines is 1. The van der Waals surface area contributed by atoms with Crippen molar-refractivity contribution in [2.45, 2.75) is 19.8 Å². The van der Waals surface area contributed by atoms with E-state index in [1.165, 1.54) is 0 Å². The normalized spacial score (nSPS) is 16.6. The Morgan fingerprint density at radius 2 is 2.26 bits per heavy atom. The minimum atomic E-state index is -0.398. The van der Waals surface area contributed by atoms with E-state index in [0.29, 0.717) is 5.56 Å². The van der Waals surface area contributed by atoms with E-state index in [4.69, 9.17) is 5.73 Å². The lowest BCUT2D eigenvalue weighted by molar-refractivity contribution is 0.1000. The smallest absolute Gasteiger partial charge is 0.248 e. The fourth-order valence-corrected chi connectivity index (χ4v) is 2.46. The van der Waals surface area contributed by atoms with E-state index in [1.54, 1.807) is 18.3 Å². The molecule has 0 spiro atoms. The lowest BCUT2D eigenvalue weighted by Crippen LogP contribution is -2.37. The van der Waals surface area contributed by atoms with Crippen LogP contribution in [0.2, 0.25) is 0 Å². The third-order valence-corrected chi connectivity index (χ3v) is 3.65. The molecule has 1 amide bonds. The van der Waals surface area contributed by atoms with E-state index in [-0.39, 0.29) is 0 Å². The summed E-state index contributed by atoms with van der Waals surface area (Å²) in [4.78, 5) is 17.7. The molecular weight excluding hydrogens is 240 g/mol. The first kappa shape index (κ1) is 13.8. The Morgan fingerprint density at radius 3 is 2.89 bits per heavy atom. The van der Waals surface area contributed by atoms with Crippen molar-refractivity contribution in [3.8, 4) is 0 Å². The molecule has 5 nitrogen and oxygen atoms in total. The van der Waals surface area contributed by atoms with Gasteiger partial charge in [-0.1, -0.05) is 6.92 Å². The molecule has 3 N–H and O–H groups in total. The van der Waals surface area contributed by atoms with Gasteiger partial charge in [0.2, 0.25) is 5.91 Å². The van der Waals surface area contributed by atoms with E-state index < -0.39 is 5.91 Å². The van der Waals surface area contributed by atoms with Crippen molar-refractivity contribution in [3.05, 3.63) is 23.9 Å². The van der Waals surface area contributed by atoms with E-state index >= 15 is 0 Å². The van der Waals surface area contributed by atoms with Crippen molar-refractivity contribution in [1.82, 2.24) is 10.3 Å². The molecule has 2 rings (SSSR count). The minimum absolute atomic E-state index is 0.398. The highest BCUT2D eigenvalue weighted by atomic mass is 16.1. The summed E-state index contributed by atoms with van der Waals surface area (Å²) < 4.78 is 0. The van der Waals surface area contributed by atoms with Gasteiger partial charge in [-0.15, -0.1) is 0 Å². The highest BCUT2D eigenvalue weighted by Gasteiger charge is 2.20. The number of nitrogens with two attached hydrogens (primary N) is 1. The Kier molecular flexibility index (Phi) is 4.74. The van der Waals surface area contributed by atoms with Crippen LogP contribution >= 0.6 is 0 Å². The lowest BCUT2D eigenvalue weighted by atomic mass is 9.96. The zero-order chi connectivity index (χ0) is 13.7. The largest absolute Gasteiger partial charge is 0.366 e. The van der Waals surface area contributed by atoms with E-state index in [1.807, 2.05) is 0 Å². The highest BCUT2D eigenvalue weighted by Crippen LogP contribution is 2.21. The van der Waals surface area contributed by atoms with Crippen molar-refractivity contribution in [2.24, 2.45) is 11.7 Å². The SMILES string of the molecule is CCNCC1CCN(c2cc(C(N)=O)ccn2)CC1. The molecule has 1 saturated heterocycles. The molecule has 104 valence electrons. The van der Waals surface area contributed by atoms with E-state index in [9.17, 15) is 4.79 Å². The van der Waals surface area contributed by atoms with Crippen LogP contribution in [0.3, 0.4) is 0 Å².